The van der Waals surface area contributed by atoms with Crippen LogP contribution in [0.2, 0.25) is 0 Å². The van der Waals surface area contributed by atoms with E-state index in [1.165, 1.54) is 30.3 Å². The smallest absolute Gasteiger partial charge is 0.320 e. The zero-order valence-electron chi connectivity index (χ0n) is 24.9. The van der Waals surface area contributed by atoms with Crippen LogP contribution in [-0.4, -0.2) is 89.6 Å². The van der Waals surface area contributed by atoms with Crippen LogP contribution in [0.15, 0.2) is 30.3 Å². The Labute approximate surface area is 259 Å². The van der Waals surface area contributed by atoms with Gasteiger partial charge in [-0.1, -0.05) is 12.0 Å². The third-order valence-electron chi connectivity index (χ3n) is 9.69. The van der Waals surface area contributed by atoms with Crippen LogP contribution in [0.3, 0.4) is 0 Å². The molecule has 45 heavy (non-hydrogen) atoms. The topological polar surface area (TPSA) is 95.9 Å². The van der Waals surface area contributed by atoms with Crippen LogP contribution in [0.4, 0.5) is 14.6 Å². The first-order valence-corrected chi connectivity index (χ1v) is 15.6. The van der Waals surface area contributed by atoms with Gasteiger partial charge in [-0.3, -0.25) is 4.90 Å². The van der Waals surface area contributed by atoms with Gasteiger partial charge < -0.3 is 24.8 Å². The largest absolute Gasteiger partial charge is 0.508 e. The number of anilines is 1. The van der Waals surface area contributed by atoms with E-state index in [0.29, 0.717) is 40.7 Å². The number of rotatable bonds is 7. The second kappa shape index (κ2) is 11.1. The Morgan fingerprint density at radius 2 is 1.82 bits per heavy atom. The number of phenolic OH excluding ortho intramolecular Hbond substituents is 1. The highest BCUT2D eigenvalue weighted by Crippen LogP contribution is 2.47. The number of hydrogen-bond donors (Lipinski definition) is 2. The molecular weight excluding hydrogens is 578 g/mol. The van der Waals surface area contributed by atoms with E-state index in [2.05, 4.69) is 26.0 Å². The molecule has 5 heterocycles. The van der Waals surface area contributed by atoms with Gasteiger partial charge in [-0.25, -0.2) is 13.8 Å². The third kappa shape index (κ3) is 5.31. The Bertz CT molecular complexity index is 1840. The second-order valence-corrected chi connectivity index (χ2v) is 12.9. The minimum atomic E-state index is -0.652. The van der Waals surface area contributed by atoms with Crippen molar-refractivity contribution in [1.82, 2.24) is 25.2 Å². The molecule has 3 aliphatic heterocycles. The quantitative estimate of drug-likeness (QED) is 0.297. The molecule has 2 aromatic carbocycles. The molecule has 11 heteroatoms. The molecule has 1 saturated carbocycles. The predicted octanol–water partition coefficient (Wildman–Crippen LogP) is 4.24. The summed E-state index contributed by atoms with van der Waals surface area (Å²) >= 11 is 0. The molecule has 0 amide bonds. The molecule has 4 aliphatic rings. The summed E-state index contributed by atoms with van der Waals surface area (Å²) in [5.74, 6) is 1.59. The van der Waals surface area contributed by atoms with Gasteiger partial charge in [0.05, 0.1) is 30.8 Å². The molecule has 0 spiro atoms. The standard InChI is InChI=1S/C34H34F2N6O3/c1-2-24-27(35)6-3-20-13-23(43)14-25(29(20)24)30-28(36)15-26-31(38-30)39-33(40-32(26)42-16-21-4-5-22(17-42)37-21)45-19-34(7-8-34)18-41-9-11-44-12-10-41/h1,3,6,13-15,21-22,37,43H,4-5,7-12,16-19H2. The number of aromatic hydroxyl groups is 1. The fourth-order valence-electron chi connectivity index (χ4n) is 7.19. The van der Waals surface area contributed by atoms with Crippen LogP contribution >= 0.6 is 0 Å². The highest BCUT2D eigenvalue weighted by molar-refractivity contribution is 6.02. The highest BCUT2D eigenvalue weighted by atomic mass is 19.1. The van der Waals surface area contributed by atoms with Crippen molar-refractivity contribution in [3.05, 3.63) is 47.5 Å². The summed E-state index contributed by atoms with van der Waals surface area (Å²) in [6.45, 7) is 6.18. The van der Waals surface area contributed by atoms with Crippen molar-refractivity contribution >= 4 is 27.6 Å². The predicted molar refractivity (Wildman–Crippen MR) is 166 cm³/mol. The molecule has 0 radical (unpaired) electrons. The molecule has 1 aliphatic carbocycles. The molecule has 9 nitrogen and oxygen atoms in total. The lowest BCUT2D eigenvalue weighted by molar-refractivity contribution is 0.0231. The zero-order valence-corrected chi connectivity index (χ0v) is 24.9. The maximum atomic E-state index is 16.1. The van der Waals surface area contributed by atoms with E-state index >= 15 is 4.39 Å². The third-order valence-corrected chi connectivity index (χ3v) is 9.69. The van der Waals surface area contributed by atoms with Crippen molar-refractivity contribution in [3.63, 3.8) is 0 Å². The van der Waals surface area contributed by atoms with Crippen molar-refractivity contribution in [2.24, 2.45) is 5.41 Å². The van der Waals surface area contributed by atoms with Gasteiger partial charge in [0.25, 0.3) is 0 Å². The van der Waals surface area contributed by atoms with Crippen LogP contribution in [-0.2, 0) is 4.74 Å². The first-order valence-electron chi connectivity index (χ1n) is 15.6. The first-order chi connectivity index (χ1) is 21.9. The van der Waals surface area contributed by atoms with E-state index in [4.69, 9.17) is 25.9 Å². The number of fused-ring (bicyclic) bond motifs is 4. The summed E-state index contributed by atoms with van der Waals surface area (Å²) in [5.41, 5.74) is 0.365. The lowest BCUT2D eigenvalue weighted by Crippen LogP contribution is -2.51. The van der Waals surface area contributed by atoms with Crippen molar-refractivity contribution in [2.45, 2.75) is 37.8 Å². The molecule has 2 atom stereocenters. The van der Waals surface area contributed by atoms with Crippen LogP contribution in [0.1, 0.15) is 31.2 Å². The molecule has 2 N–H and O–H groups in total. The van der Waals surface area contributed by atoms with Crippen LogP contribution in [0.5, 0.6) is 11.8 Å². The maximum Gasteiger partial charge on any atom is 0.320 e. The van der Waals surface area contributed by atoms with Crippen molar-refractivity contribution in [1.29, 1.82) is 0 Å². The summed E-state index contributed by atoms with van der Waals surface area (Å²) in [7, 11) is 0. The van der Waals surface area contributed by atoms with E-state index in [1.807, 2.05) is 0 Å². The Morgan fingerprint density at radius 1 is 1.04 bits per heavy atom. The number of ether oxygens (including phenoxy) is 2. The number of benzene rings is 2. The number of hydrogen-bond acceptors (Lipinski definition) is 9. The molecule has 8 rings (SSSR count). The van der Waals surface area contributed by atoms with Gasteiger partial charge in [0.2, 0.25) is 0 Å². The Morgan fingerprint density at radius 3 is 2.56 bits per heavy atom. The van der Waals surface area contributed by atoms with Crippen molar-refractivity contribution < 1.29 is 23.4 Å². The fourth-order valence-corrected chi connectivity index (χ4v) is 7.19. The van der Waals surface area contributed by atoms with Crippen LogP contribution in [0, 0.1) is 29.4 Å². The Balaban J connectivity index is 1.22. The minimum absolute atomic E-state index is 0.0255. The monoisotopic (exact) mass is 612 g/mol. The van der Waals surface area contributed by atoms with Gasteiger partial charge in [-0.05, 0) is 55.3 Å². The maximum absolute atomic E-state index is 16.1. The molecule has 2 bridgehead atoms. The molecular formula is C34H34F2N6O3. The summed E-state index contributed by atoms with van der Waals surface area (Å²) in [4.78, 5) is 18.8. The Kier molecular flexibility index (Phi) is 6.97. The van der Waals surface area contributed by atoms with Gasteiger partial charge in [0.15, 0.2) is 5.65 Å². The summed E-state index contributed by atoms with van der Waals surface area (Å²) in [6.07, 6.45) is 9.98. The van der Waals surface area contributed by atoms with Gasteiger partial charge in [0, 0.05) is 61.2 Å². The summed E-state index contributed by atoms with van der Waals surface area (Å²) < 4.78 is 42.8. The molecule has 3 saturated heterocycles. The van der Waals surface area contributed by atoms with Gasteiger partial charge in [-0.2, -0.15) is 9.97 Å². The normalized spacial score (nSPS) is 22.6. The van der Waals surface area contributed by atoms with Gasteiger partial charge >= 0.3 is 6.01 Å². The average Bonchev–Trinajstić information content (AvgIpc) is 3.73. The average molecular weight is 613 g/mol. The van der Waals surface area contributed by atoms with E-state index in [1.54, 1.807) is 0 Å². The number of terminal acetylenes is 1. The van der Waals surface area contributed by atoms with Crippen molar-refractivity contribution in [2.75, 3.05) is 57.4 Å². The molecule has 2 aromatic heterocycles. The Hall–Kier alpha value is -4.11. The summed E-state index contributed by atoms with van der Waals surface area (Å²) in [6, 6.07) is 7.79. The number of pyridine rings is 1. The number of piperazine rings is 1. The minimum Gasteiger partial charge on any atom is -0.508 e. The van der Waals surface area contributed by atoms with E-state index in [0.717, 1.165) is 71.6 Å². The number of phenols is 1. The molecule has 2 unspecified atom stereocenters. The number of halogens is 2. The SMILES string of the molecule is C#Cc1c(F)ccc2cc(O)cc(-c3nc4nc(OCC5(CN6CCOCC6)CC5)nc(N5CC6CCC(C5)N6)c4cc3F)c12. The number of nitrogens with one attached hydrogen (secondary N) is 1. The lowest BCUT2D eigenvalue weighted by atomic mass is 9.96. The van der Waals surface area contributed by atoms with E-state index < -0.39 is 11.6 Å². The van der Waals surface area contributed by atoms with Crippen molar-refractivity contribution in [3.8, 4) is 35.4 Å². The number of aromatic nitrogens is 3. The highest BCUT2D eigenvalue weighted by Gasteiger charge is 2.45. The van der Waals surface area contributed by atoms with Gasteiger partial charge in [0.1, 0.15) is 28.9 Å². The molecule has 232 valence electrons. The first kappa shape index (κ1) is 28.4. The number of morpholine rings is 1. The van der Waals surface area contributed by atoms with E-state index in [9.17, 15) is 9.50 Å². The fraction of sp³-hybridized carbons (Fsp3) is 0.441. The van der Waals surface area contributed by atoms with E-state index in [-0.39, 0.29) is 39.6 Å². The zero-order chi connectivity index (χ0) is 30.7. The van der Waals surface area contributed by atoms with Crippen LogP contribution in [0.25, 0.3) is 33.1 Å². The second-order valence-electron chi connectivity index (χ2n) is 12.9. The lowest BCUT2D eigenvalue weighted by Gasteiger charge is -2.34. The summed E-state index contributed by atoms with van der Waals surface area (Å²) in [5, 5.41) is 15.4. The van der Waals surface area contributed by atoms with Crippen LogP contribution < -0.4 is 15.0 Å². The molecule has 4 fully saturated rings. The molecule has 4 aromatic rings. The van der Waals surface area contributed by atoms with Gasteiger partial charge in [-0.15, -0.1) is 6.42 Å². The number of nitrogens with zero attached hydrogens (tertiary/aromatic N) is 5.